The molecule has 0 atom stereocenters. The SMILES string of the molecule is Cc1occc1C(=O)NCC(=O)NCCCOCc1ccco1. The van der Waals surface area contributed by atoms with Gasteiger partial charge < -0.3 is 24.2 Å². The van der Waals surface area contributed by atoms with E-state index in [2.05, 4.69) is 10.6 Å². The van der Waals surface area contributed by atoms with E-state index in [1.165, 1.54) is 6.26 Å². The second kappa shape index (κ2) is 8.79. The Hall–Kier alpha value is -2.54. The van der Waals surface area contributed by atoms with Crippen molar-refractivity contribution in [3.63, 3.8) is 0 Å². The van der Waals surface area contributed by atoms with Crippen LogP contribution in [0.2, 0.25) is 0 Å². The summed E-state index contributed by atoms with van der Waals surface area (Å²) in [6.45, 7) is 3.04. The van der Waals surface area contributed by atoms with Gasteiger partial charge in [0.25, 0.3) is 5.91 Å². The number of hydrogen-bond donors (Lipinski definition) is 2. The van der Waals surface area contributed by atoms with Crippen molar-refractivity contribution in [3.05, 3.63) is 47.8 Å². The van der Waals surface area contributed by atoms with Crippen LogP contribution in [0.1, 0.15) is 28.3 Å². The molecule has 0 unspecified atom stereocenters. The van der Waals surface area contributed by atoms with E-state index in [1.54, 1.807) is 25.3 Å². The molecule has 2 heterocycles. The van der Waals surface area contributed by atoms with Gasteiger partial charge in [-0.2, -0.15) is 0 Å². The van der Waals surface area contributed by atoms with Crippen molar-refractivity contribution in [3.8, 4) is 0 Å². The zero-order valence-electron chi connectivity index (χ0n) is 13.0. The zero-order valence-corrected chi connectivity index (χ0v) is 13.0. The summed E-state index contributed by atoms with van der Waals surface area (Å²) in [6, 6.07) is 5.21. The van der Waals surface area contributed by atoms with Crippen molar-refractivity contribution in [1.29, 1.82) is 0 Å². The largest absolute Gasteiger partial charge is 0.469 e. The number of amides is 2. The van der Waals surface area contributed by atoms with Crippen molar-refractivity contribution >= 4 is 11.8 Å². The summed E-state index contributed by atoms with van der Waals surface area (Å²) in [5, 5.41) is 5.25. The quantitative estimate of drug-likeness (QED) is 0.685. The third kappa shape index (κ3) is 5.63. The Balaban J connectivity index is 1.51. The van der Waals surface area contributed by atoms with Crippen LogP contribution in [0, 0.1) is 6.92 Å². The van der Waals surface area contributed by atoms with Crippen molar-refractivity contribution in [2.24, 2.45) is 0 Å². The van der Waals surface area contributed by atoms with Crippen LogP contribution < -0.4 is 10.6 Å². The summed E-state index contributed by atoms with van der Waals surface area (Å²) < 4.78 is 15.6. The molecule has 0 saturated carbocycles. The number of rotatable bonds is 9. The van der Waals surface area contributed by atoms with Crippen LogP contribution in [0.3, 0.4) is 0 Å². The summed E-state index contributed by atoms with van der Waals surface area (Å²) in [6.07, 6.45) is 3.71. The number of hydrogen-bond acceptors (Lipinski definition) is 5. The van der Waals surface area contributed by atoms with Gasteiger partial charge in [-0.1, -0.05) is 0 Å². The second-order valence-corrected chi connectivity index (χ2v) is 4.91. The molecular formula is C16H20N2O5. The van der Waals surface area contributed by atoms with Crippen LogP contribution in [-0.4, -0.2) is 31.5 Å². The number of carbonyl (C=O) groups is 2. The van der Waals surface area contributed by atoms with Gasteiger partial charge in [-0.15, -0.1) is 0 Å². The van der Waals surface area contributed by atoms with Crippen LogP contribution in [0.25, 0.3) is 0 Å². The van der Waals surface area contributed by atoms with Crippen LogP contribution in [0.5, 0.6) is 0 Å². The highest BCUT2D eigenvalue weighted by Gasteiger charge is 2.12. The lowest BCUT2D eigenvalue weighted by Gasteiger charge is -2.07. The molecule has 0 aliphatic rings. The van der Waals surface area contributed by atoms with Gasteiger partial charge in [-0.3, -0.25) is 9.59 Å². The third-order valence-corrected chi connectivity index (χ3v) is 3.12. The van der Waals surface area contributed by atoms with E-state index in [4.69, 9.17) is 13.6 Å². The molecule has 2 rings (SSSR count). The third-order valence-electron chi connectivity index (χ3n) is 3.12. The molecule has 7 heteroatoms. The van der Waals surface area contributed by atoms with Gasteiger partial charge in [0.15, 0.2) is 0 Å². The van der Waals surface area contributed by atoms with Crippen LogP contribution in [0.15, 0.2) is 39.6 Å². The van der Waals surface area contributed by atoms with Crippen molar-refractivity contribution in [2.45, 2.75) is 20.0 Å². The smallest absolute Gasteiger partial charge is 0.255 e. The highest BCUT2D eigenvalue weighted by atomic mass is 16.5. The minimum Gasteiger partial charge on any atom is -0.469 e. The number of carbonyl (C=O) groups excluding carboxylic acids is 2. The fourth-order valence-corrected chi connectivity index (χ4v) is 1.91. The first kappa shape index (κ1) is 16.8. The molecule has 0 saturated heterocycles. The molecule has 0 spiro atoms. The van der Waals surface area contributed by atoms with Gasteiger partial charge in [0.05, 0.1) is 24.6 Å². The van der Waals surface area contributed by atoms with E-state index in [0.29, 0.717) is 37.5 Å². The maximum Gasteiger partial charge on any atom is 0.255 e. The predicted octanol–water partition coefficient (Wildman–Crippen LogP) is 1.63. The number of nitrogens with one attached hydrogen (secondary N) is 2. The van der Waals surface area contributed by atoms with Gasteiger partial charge in [-0.05, 0) is 31.5 Å². The Kier molecular flexibility index (Phi) is 6.43. The predicted molar refractivity (Wildman–Crippen MR) is 81.8 cm³/mol. The van der Waals surface area contributed by atoms with Gasteiger partial charge in [0, 0.05) is 13.2 Å². The molecule has 0 aromatic carbocycles. The molecule has 0 bridgehead atoms. The first-order valence-electron chi connectivity index (χ1n) is 7.36. The summed E-state index contributed by atoms with van der Waals surface area (Å²) in [5.74, 6) is 0.724. The van der Waals surface area contributed by atoms with Gasteiger partial charge in [0.1, 0.15) is 18.1 Å². The fraction of sp³-hybridized carbons (Fsp3) is 0.375. The number of ether oxygens (including phenoxy) is 1. The Bertz CT molecular complexity index is 618. The maximum absolute atomic E-state index is 11.8. The second-order valence-electron chi connectivity index (χ2n) is 4.91. The summed E-state index contributed by atoms with van der Waals surface area (Å²) in [4.78, 5) is 23.4. The molecule has 2 amide bonds. The maximum atomic E-state index is 11.8. The van der Waals surface area contributed by atoms with E-state index in [-0.39, 0.29) is 18.4 Å². The minimum atomic E-state index is -0.326. The average Bonchev–Trinajstić information content (AvgIpc) is 3.19. The monoisotopic (exact) mass is 320 g/mol. The van der Waals surface area contributed by atoms with Gasteiger partial charge in [-0.25, -0.2) is 0 Å². The van der Waals surface area contributed by atoms with E-state index in [9.17, 15) is 9.59 Å². The standard InChI is InChI=1S/C16H20N2O5/c1-12-14(5-9-22-12)16(20)18-10-15(19)17-6-3-7-21-11-13-4-2-8-23-13/h2,4-5,8-9H,3,6-7,10-11H2,1H3,(H,17,19)(H,18,20). The van der Waals surface area contributed by atoms with E-state index in [1.807, 2.05) is 6.07 Å². The van der Waals surface area contributed by atoms with E-state index >= 15 is 0 Å². The van der Waals surface area contributed by atoms with Crippen LogP contribution in [0.4, 0.5) is 0 Å². The molecule has 0 aliphatic heterocycles. The molecule has 23 heavy (non-hydrogen) atoms. The highest BCUT2D eigenvalue weighted by Crippen LogP contribution is 2.07. The van der Waals surface area contributed by atoms with Crippen LogP contribution >= 0.6 is 0 Å². The molecule has 0 aliphatic carbocycles. The summed E-state index contributed by atoms with van der Waals surface area (Å²) in [5.41, 5.74) is 0.434. The Morgan fingerprint density at radius 2 is 2.04 bits per heavy atom. The summed E-state index contributed by atoms with van der Waals surface area (Å²) in [7, 11) is 0. The topological polar surface area (TPSA) is 93.7 Å². The lowest BCUT2D eigenvalue weighted by molar-refractivity contribution is -0.120. The van der Waals surface area contributed by atoms with Gasteiger partial charge >= 0.3 is 0 Å². The average molecular weight is 320 g/mol. The molecular weight excluding hydrogens is 300 g/mol. The molecule has 2 N–H and O–H groups in total. The Morgan fingerprint density at radius 1 is 1.17 bits per heavy atom. The molecule has 2 aromatic rings. The normalized spacial score (nSPS) is 10.5. The zero-order chi connectivity index (χ0) is 16.5. The molecule has 124 valence electrons. The van der Waals surface area contributed by atoms with Gasteiger partial charge in [0.2, 0.25) is 5.91 Å². The number of furan rings is 2. The first-order valence-corrected chi connectivity index (χ1v) is 7.36. The lowest BCUT2D eigenvalue weighted by atomic mass is 10.2. The minimum absolute atomic E-state index is 0.0727. The van der Waals surface area contributed by atoms with Crippen molar-refractivity contribution < 1.29 is 23.2 Å². The molecule has 0 fully saturated rings. The fourth-order valence-electron chi connectivity index (χ4n) is 1.91. The molecule has 2 aromatic heterocycles. The van der Waals surface area contributed by atoms with Crippen molar-refractivity contribution in [1.82, 2.24) is 10.6 Å². The Labute approximate surface area is 134 Å². The molecule has 7 nitrogen and oxygen atoms in total. The highest BCUT2D eigenvalue weighted by molar-refractivity contribution is 5.97. The lowest BCUT2D eigenvalue weighted by Crippen LogP contribution is -2.37. The number of aryl methyl sites for hydroxylation is 1. The van der Waals surface area contributed by atoms with E-state index < -0.39 is 0 Å². The van der Waals surface area contributed by atoms with Crippen molar-refractivity contribution in [2.75, 3.05) is 19.7 Å². The van der Waals surface area contributed by atoms with E-state index in [0.717, 1.165) is 5.76 Å². The Morgan fingerprint density at radius 3 is 2.74 bits per heavy atom. The summed E-state index contributed by atoms with van der Waals surface area (Å²) >= 11 is 0. The molecule has 0 radical (unpaired) electrons. The van der Waals surface area contributed by atoms with Crippen LogP contribution in [-0.2, 0) is 16.1 Å². The first-order chi connectivity index (χ1) is 11.2.